The molecule has 0 saturated carbocycles. The van der Waals surface area contributed by atoms with Crippen LogP contribution in [0.3, 0.4) is 0 Å². The van der Waals surface area contributed by atoms with Crippen LogP contribution in [0.5, 0.6) is 5.75 Å². The van der Waals surface area contributed by atoms with E-state index in [1.807, 2.05) is 6.07 Å². The minimum Gasteiger partial charge on any atom is -0.492 e. The van der Waals surface area contributed by atoms with E-state index >= 15 is 0 Å². The van der Waals surface area contributed by atoms with Crippen molar-refractivity contribution in [3.8, 4) is 5.75 Å². The van der Waals surface area contributed by atoms with E-state index < -0.39 is 0 Å². The lowest BCUT2D eigenvalue weighted by atomic mass is 10.1. The van der Waals surface area contributed by atoms with E-state index in [1.54, 1.807) is 12.1 Å². The molecule has 2 aromatic rings. The number of ether oxygens (including phenoxy) is 1. The molecule has 0 radical (unpaired) electrons. The highest BCUT2D eigenvalue weighted by atomic mass is 127. The number of rotatable bonds is 5. The molecule has 0 aliphatic heterocycles. The zero-order valence-corrected chi connectivity index (χ0v) is 15.6. The second-order valence-corrected chi connectivity index (χ2v) is 5.53. The summed E-state index contributed by atoms with van der Waals surface area (Å²) in [5.41, 5.74) is 9.65. The Morgan fingerprint density at radius 3 is 2.83 bits per heavy atom. The standard InChI is InChI=1S/C18H20FN3O.HI/c19-15-5-2-6-17(12-15)23-10-9-21-18(20)22-16-8-7-13-3-1-4-14(13)11-16;/h2,5-8,11-12H,1,3-4,9-10H2,(H3,20,21,22);1H. The van der Waals surface area contributed by atoms with Crippen molar-refractivity contribution in [2.75, 3.05) is 18.5 Å². The highest BCUT2D eigenvalue weighted by Gasteiger charge is 2.10. The maximum atomic E-state index is 13.0. The van der Waals surface area contributed by atoms with Crippen LogP contribution in [-0.2, 0) is 12.8 Å². The number of halogens is 2. The molecule has 0 amide bonds. The van der Waals surface area contributed by atoms with Crippen molar-refractivity contribution in [3.05, 3.63) is 59.4 Å². The number of nitrogens with zero attached hydrogens (tertiary/aromatic N) is 1. The summed E-state index contributed by atoms with van der Waals surface area (Å²) in [6.07, 6.45) is 3.51. The summed E-state index contributed by atoms with van der Waals surface area (Å²) >= 11 is 0. The van der Waals surface area contributed by atoms with Gasteiger partial charge in [-0.2, -0.15) is 0 Å². The van der Waals surface area contributed by atoms with Gasteiger partial charge in [0.15, 0.2) is 5.96 Å². The summed E-state index contributed by atoms with van der Waals surface area (Å²) in [5.74, 6) is 0.528. The van der Waals surface area contributed by atoms with Gasteiger partial charge in [0, 0.05) is 11.8 Å². The van der Waals surface area contributed by atoms with Crippen molar-refractivity contribution in [2.45, 2.75) is 19.3 Å². The summed E-state index contributed by atoms with van der Waals surface area (Å²) in [6.45, 7) is 0.746. The molecule has 0 aromatic heterocycles. The van der Waals surface area contributed by atoms with E-state index in [9.17, 15) is 4.39 Å². The average Bonchev–Trinajstić information content (AvgIpc) is 2.99. The summed E-state index contributed by atoms with van der Waals surface area (Å²) in [7, 11) is 0. The van der Waals surface area contributed by atoms with Crippen LogP contribution in [0.15, 0.2) is 47.5 Å². The molecule has 1 aliphatic carbocycles. The molecule has 6 heteroatoms. The van der Waals surface area contributed by atoms with Gasteiger partial charge in [-0.15, -0.1) is 24.0 Å². The third kappa shape index (κ3) is 5.09. The van der Waals surface area contributed by atoms with Gasteiger partial charge in [0.05, 0.1) is 6.54 Å². The van der Waals surface area contributed by atoms with Gasteiger partial charge in [-0.1, -0.05) is 12.1 Å². The predicted octanol–water partition coefficient (Wildman–Crippen LogP) is 3.74. The maximum absolute atomic E-state index is 13.0. The lowest BCUT2D eigenvalue weighted by molar-refractivity contribution is 0.327. The smallest absolute Gasteiger partial charge is 0.193 e. The first kappa shape index (κ1) is 18.5. The van der Waals surface area contributed by atoms with Crippen LogP contribution in [0.4, 0.5) is 10.1 Å². The fourth-order valence-corrected chi connectivity index (χ4v) is 2.72. The van der Waals surface area contributed by atoms with Gasteiger partial charge in [-0.3, -0.25) is 0 Å². The third-order valence-corrected chi connectivity index (χ3v) is 3.81. The van der Waals surface area contributed by atoms with Gasteiger partial charge in [0.2, 0.25) is 0 Å². The van der Waals surface area contributed by atoms with Crippen molar-refractivity contribution in [1.29, 1.82) is 0 Å². The number of nitrogens with two attached hydrogens (primary N) is 1. The molecule has 0 fully saturated rings. The Morgan fingerprint density at radius 1 is 1.17 bits per heavy atom. The van der Waals surface area contributed by atoms with Gasteiger partial charge >= 0.3 is 0 Å². The van der Waals surface area contributed by atoms with Gasteiger partial charge in [-0.05, 0) is 54.7 Å². The Hall–Kier alpha value is -1.83. The fraction of sp³-hybridized carbons (Fsp3) is 0.278. The molecule has 0 unspecified atom stereocenters. The van der Waals surface area contributed by atoms with Crippen molar-refractivity contribution in [2.24, 2.45) is 10.7 Å². The molecular formula is C18H21FIN3O. The van der Waals surface area contributed by atoms with E-state index in [0.717, 1.165) is 18.5 Å². The number of hydrogen-bond acceptors (Lipinski definition) is 2. The van der Waals surface area contributed by atoms with Gasteiger partial charge in [0.25, 0.3) is 0 Å². The van der Waals surface area contributed by atoms with Crippen LogP contribution in [0.2, 0.25) is 0 Å². The molecule has 1 aliphatic rings. The number of aliphatic imine (C=N–C) groups is 1. The Kier molecular flexibility index (Phi) is 6.84. The summed E-state index contributed by atoms with van der Waals surface area (Å²) in [4.78, 5) is 4.22. The molecule has 3 rings (SSSR count). The molecule has 3 N–H and O–H groups in total. The topological polar surface area (TPSA) is 59.6 Å². The Labute approximate surface area is 158 Å². The Bertz CT molecular complexity index is 721. The van der Waals surface area contributed by atoms with E-state index in [1.165, 1.54) is 29.7 Å². The number of fused-ring (bicyclic) bond motifs is 1. The summed E-state index contributed by atoms with van der Waals surface area (Å²) in [6, 6.07) is 12.3. The molecule has 24 heavy (non-hydrogen) atoms. The molecule has 0 heterocycles. The molecule has 0 spiro atoms. The molecule has 2 aromatic carbocycles. The number of benzene rings is 2. The number of hydrogen-bond donors (Lipinski definition) is 2. The zero-order valence-electron chi connectivity index (χ0n) is 13.3. The quantitative estimate of drug-likeness (QED) is 0.322. The number of aryl methyl sites for hydroxylation is 2. The van der Waals surface area contributed by atoms with Crippen LogP contribution >= 0.6 is 24.0 Å². The molecule has 0 atom stereocenters. The fourth-order valence-electron chi connectivity index (χ4n) is 2.72. The Morgan fingerprint density at radius 2 is 2.00 bits per heavy atom. The number of anilines is 1. The first-order valence-electron chi connectivity index (χ1n) is 7.78. The zero-order chi connectivity index (χ0) is 16.1. The lowest BCUT2D eigenvalue weighted by Crippen LogP contribution is -2.23. The highest BCUT2D eigenvalue weighted by molar-refractivity contribution is 14.0. The van der Waals surface area contributed by atoms with E-state index in [4.69, 9.17) is 10.5 Å². The van der Waals surface area contributed by atoms with E-state index in [2.05, 4.69) is 22.4 Å². The minimum absolute atomic E-state index is 0. The van der Waals surface area contributed by atoms with Crippen molar-refractivity contribution >= 4 is 35.6 Å². The van der Waals surface area contributed by atoms with E-state index in [0.29, 0.717) is 24.9 Å². The molecule has 128 valence electrons. The second-order valence-electron chi connectivity index (χ2n) is 5.53. The summed E-state index contributed by atoms with van der Waals surface area (Å²) < 4.78 is 18.4. The SMILES string of the molecule is I.NC(=NCCOc1cccc(F)c1)Nc1ccc2c(c1)CCC2. The molecule has 0 bridgehead atoms. The third-order valence-electron chi connectivity index (χ3n) is 3.81. The number of nitrogens with one attached hydrogen (secondary N) is 1. The van der Waals surface area contributed by atoms with Gasteiger partial charge in [-0.25, -0.2) is 9.38 Å². The normalized spacial score (nSPS) is 13.1. The largest absolute Gasteiger partial charge is 0.492 e. The maximum Gasteiger partial charge on any atom is 0.193 e. The first-order chi connectivity index (χ1) is 11.2. The van der Waals surface area contributed by atoms with Gasteiger partial charge in [0.1, 0.15) is 18.2 Å². The van der Waals surface area contributed by atoms with Crippen LogP contribution < -0.4 is 15.8 Å². The lowest BCUT2D eigenvalue weighted by Gasteiger charge is -2.08. The second kappa shape index (κ2) is 8.86. The predicted molar refractivity (Wildman–Crippen MR) is 106 cm³/mol. The Balaban J connectivity index is 0.00000208. The van der Waals surface area contributed by atoms with Crippen LogP contribution in [0, 0.1) is 5.82 Å². The first-order valence-corrected chi connectivity index (χ1v) is 7.78. The molecule has 4 nitrogen and oxygen atoms in total. The van der Waals surface area contributed by atoms with Crippen LogP contribution in [-0.4, -0.2) is 19.1 Å². The van der Waals surface area contributed by atoms with Crippen molar-refractivity contribution < 1.29 is 9.13 Å². The van der Waals surface area contributed by atoms with Crippen LogP contribution in [0.1, 0.15) is 17.5 Å². The van der Waals surface area contributed by atoms with Gasteiger partial charge < -0.3 is 15.8 Å². The number of guanidine groups is 1. The average molecular weight is 441 g/mol. The molecular weight excluding hydrogens is 420 g/mol. The van der Waals surface area contributed by atoms with Crippen molar-refractivity contribution in [3.63, 3.8) is 0 Å². The van der Waals surface area contributed by atoms with E-state index in [-0.39, 0.29) is 29.8 Å². The van der Waals surface area contributed by atoms with Crippen molar-refractivity contribution in [1.82, 2.24) is 0 Å². The monoisotopic (exact) mass is 441 g/mol. The summed E-state index contributed by atoms with van der Waals surface area (Å²) in [5, 5.41) is 3.09. The minimum atomic E-state index is -0.316. The highest BCUT2D eigenvalue weighted by Crippen LogP contribution is 2.24. The van der Waals surface area contributed by atoms with Crippen LogP contribution in [0.25, 0.3) is 0 Å². The molecule has 0 saturated heterocycles.